The smallest absolute Gasteiger partial charge is 0.222 e. The third kappa shape index (κ3) is 7.63. The molecule has 5 heteroatoms. The summed E-state index contributed by atoms with van der Waals surface area (Å²) < 4.78 is 10.7. The Kier molecular flexibility index (Phi) is 9.92. The van der Waals surface area contributed by atoms with Crippen molar-refractivity contribution in [2.45, 2.75) is 46.3 Å². The molecule has 2 unspecified atom stereocenters. The lowest BCUT2D eigenvalue weighted by molar-refractivity contribution is -0.125. The highest BCUT2D eigenvalue weighted by Gasteiger charge is 2.18. The lowest BCUT2D eigenvalue weighted by Crippen LogP contribution is -2.43. The van der Waals surface area contributed by atoms with E-state index in [1.807, 2.05) is 13.8 Å². The van der Waals surface area contributed by atoms with Crippen molar-refractivity contribution in [3.05, 3.63) is 0 Å². The molecule has 0 fully saturated rings. The standard InChI is InChI=1S/C13H28N2O3/c1-5-17-9-12(10(3)4)15-13(16)7-11(8-14)18-6-2/h10-12H,5-9,14H2,1-4H3,(H,15,16). The molecular weight excluding hydrogens is 232 g/mol. The molecule has 0 radical (unpaired) electrons. The summed E-state index contributed by atoms with van der Waals surface area (Å²) >= 11 is 0. The van der Waals surface area contributed by atoms with Gasteiger partial charge in [0.25, 0.3) is 0 Å². The first-order chi connectivity index (χ1) is 8.54. The molecule has 0 saturated carbocycles. The molecule has 1 amide bonds. The molecule has 0 rings (SSSR count). The predicted molar refractivity (Wildman–Crippen MR) is 72.3 cm³/mol. The van der Waals surface area contributed by atoms with Gasteiger partial charge in [-0.05, 0) is 19.8 Å². The summed E-state index contributed by atoms with van der Waals surface area (Å²) in [7, 11) is 0. The maximum Gasteiger partial charge on any atom is 0.222 e. The molecule has 18 heavy (non-hydrogen) atoms. The molecule has 0 aliphatic heterocycles. The highest BCUT2D eigenvalue weighted by molar-refractivity contribution is 5.76. The van der Waals surface area contributed by atoms with E-state index in [-0.39, 0.29) is 18.1 Å². The van der Waals surface area contributed by atoms with Gasteiger partial charge in [0.05, 0.1) is 25.2 Å². The molecule has 0 heterocycles. The normalized spacial score (nSPS) is 14.6. The van der Waals surface area contributed by atoms with Crippen molar-refractivity contribution in [1.82, 2.24) is 5.32 Å². The number of hydrogen-bond acceptors (Lipinski definition) is 4. The second kappa shape index (κ2) is 10.3. The Morgan fingerprint density at radius 3 is 2.39 bits per heavy atom. The second-order valence-corrected chi connectivity index (χ2v) is 4.59. The number of carbonyl (C=O) groups excluding carboxylic acids is 1. The van der Waals surface area contributed by atoms with E-state index in [9.17, 15) is 4.79 Å². The molecule has 5 nitrogen and oxygen atoms in total. The van der Waals surface area contributed by atoms with Crippen LogP contribution in [0.5, 0.6) is 0 Å². The molecule has 3 N–H and O–H groups in total. The van der Waals surface area contributed by atoms with Crippen molar-refractivity contribution in [3.8, 4) is 0 Å². The van der Waals surface area contributed by atoms with Crippen LogP contribution in [0, 0.1) is 5.92 Å². The van der Waals surface area contributed by atoms with Crippen molar-refractivity contribution >= 4 is 5.91 Å². The van der Waals surface area contributed by atoms with Crippen molar-refractivity contribution in [2.75, 3.05) is 26.4 Å². The number of amides is 1. The summed E-state index contributed by atoms with van der Waals surface area (Å²) in [6, 6.07) is 0.0394. The van der Waals surface area contributed by atoms with E-state index in [4.69, 9.17) is 15.2 Å². The summed E-state index contributed by atoms with van der Waals surface area (Å²) in [6.07, 6.45) is 0.106. The molecule has 108 valence electrons. The first-order valence-corrected chi connectivity index (χ1v) is 6.73. The fraction of sp³-hybridized carbons (Fsp3) is 0.923. The van der Waals surface area contributed by atoms with E-state index in [1.165, 1.54) is 0 Å². The largest absolute Gasteiger partial charge is 0.380 e. The van der Waals surface area contributed by atoms with E-state index in [2.05, 4.69) is 19.2 Å². The van der Waals surface area contributed by atoms with Crippen LogP contribution in [0.4, 0.5) is 0 Å². The van der Waals surface area contributed by atoms with E-state index < -0.39 is 0 Å². The van der Waals surface area contributed by atoms with Crippen LogP contribution in [0.25, 0.3) is 0 Å². The zero-order valence-corrected chi connectivity index (χ0v) is 12.1. The van der Waals surface area contributed by atoms with E-state index in [1.54, 1.807) is 0 Å². The minimum Gasteiger partial charge on any atom is -0.380 e. The number of nitrogens with two attached hydrogens (primary N) is 1. The zero-order chi connectivity index (χ0) is 14.0. The number of carbonyl (C=O) groups is 1. The molecule has 0 aromatic rings. The number of nitrogens with one attached hydrogen (secondary N) is 1. The third-order valence-corrected chi connectivity index (χ3v) is 2.73. The van der Waals surface area contributed by atoms with Crippen LogP contribution in [0.3, 0.4) is 0 Å². The monoisotopic (exact) mass is 260 g/mol. The number of ether oxygens (including phenoxy) is 2. The molecule has 0 saturated heterocycles. The molecule has 0 aromatic carbocycles. The quantitative estimate of drug-likeness (QED) is 0.612. The van der Waals surface area contributed by atoms with Crippen LogP contribution in [-0.4, -0.2) is 44.4 Å². The first-order valence-electron chi connectivity index (χ1n) is 6.73. The minimum absolute atomic E-state index is 0.0303. The fourth-order valence-corrected chi connectivity index (χ4v) is 1.56. The van der Waals surface area contributed by atoms with Gasteiger partial charge in [-0.25, -0.2) is 0 Å². The topological polar surface area (TPSA) is 73.6 Å². The maximum absolute atomic E-state index is 11.9. The van der Waals surface area contributed by atoms with Gasteiger partial charge < -0.3 is 20.5 Å². The average molecular weight is 260 g/mol. The molecular formula is C13H28N2O3. The lowest BCUT2D eigenvalue weighted by atomic mass is 10.0. The van der Waals surface area contributed by atoms with Crippen LogP contribution >= 0.6 is 0 Å². The molecule has 0 aliphatic rings. The molecule has 0 aliphatic carbocycles. The van der Waals surface area contributed by atoms with Gasteiger partial charge in [0.1, 0.15) is 0 Å². The Morgan fingerprint density at radius 1 is 1.28 bits per heavy atom. The summed E-state index contributed by atoms with van der Waals surface area (Å²) in [5.41, 5.74) is 5.55. The van der Waals surface area contributed by atoms with Crippen LogP contribution in [0.15, 0.2) is 0 Å². The Morgan fingerprint density at radius 2 is 1.94 bits per heavy atom. The van der Waals surface area contributed by atoms with Crippen molar-refractivity contribution < 1.29 is 14.3 Å². The summed E-state index contributed by atoms with van der Waals surface area (Å²) in [5.74, 6) is 0.307. The van der Waals surface area contributed by atoms with Crippen LogP contribution < -0.4 is 11.1 Å². The van der Waals surface area contributed by atoms with Crippen LogP contribution in [0.2, 0.25) is 0 Å². The Balaban J connectivity index is 4.15. The van der Waals surface area contributed by atoms with E-state index in [0.717, 1.165) is 0 Å². The Bertz CT molecular complexity index is 222. The highest BCUT2D eigenvalue weighted by Crippen LogP contribution is 2.04. The van der Waals surface area contributed by atoms with Gasteiger partial charge in [0, 0.05) is 19.8 Å². The fourth-order valence-electron chi connectivity index (χ4n) is 1.56. The zero-order valence-electron chi connectivity index (χ0n) is 12.1. The van der Waals surface area contributed by atoms with Gasteiger partial charge in [-0.1, -0.05) is 13.8 Å². The first kappa shape index (κ1) is 17.4. The van der Waals surface area contributed by atoms with Gasteiger partial charge in [-0.3, -0.25) is 4.79 Å². The SMILES string of the molecule is CCOCC(NC(=O)CC(CN)OCC)C(C)C. The van der Waals surface area contributed by atoms with Crippen molar-refractivity contribution in [1.29, 1.82) is 0 Å². The van der Waals surface area contributed by atoms with Crippen LogP contribution in [-0.2, 0) is 14.3 Å². The summed E-state index contributed by atoms with van der Waals surface area (Å²) in [6.45, 7) is 10.1. The van der Waals surface area contributed by atoms with Gasteiger partial charge in [0.15, 0.2) is 0 Å². The molecule has 0 aromatic heterocycles. The lowest BCUT2D eigenvalue weighted by Gasteiger charge is -2.23. The second-order valence-electron chi connectivity index (χ2n) is 4.59. The van der Waals surface area contributed by atoms with Gasteiger partial charge >= 0.3 is 0 Å². The Labute approximate surface area is 110 Å². The van der Waals surface area contributed by atoms with Gasteiger partial charge in [-0.15, -0.1) is 0 Å². The summed E-state index contributed by atoms with van der Waals surface area (Å²) in [5, 5.41) is 2.97. The van der Waals surface area contributed by atoms with Gasteiger partial charge in [-0.2, -0.15) is 0 Å². The van der Waals surface area contributed by atoms with Gasteiger partial charge in [0.2, 0.25) is 5.91 Å². The minimum atomic E-state index is -0.199. The summed E-state index contributed by atoms with van der Waals surface area (Å²) in [4.78, 5) is 11.9. The van der Waals surface area contributed by atoms with Crippen molar-refractivity contribution in [2.24, 2.45) is 11.7 Å². The molecule has 2 atom stereocenters. The van der Waals surface area contributed by atoms with E-state index >= 15 is 0 Å². The maximum atomic E-state index is 11.9. The van der Waals surface area contributed by atoms with Crippen molar-refractivity contribution in [3.63, 3.8) is 0 Å². The third-order valence-electron chi connectivity index (χ3n) is 2.73. The molecule has 0 bridgehead atoms. The number of rotatable bonds is 10. The Hall–Kier alpha value is -0.650. The number of hydrogen-bond donors (Lipinski definition) is 2. The van der Waals surface area contributed by atoms with Crippen LogP contribution in [0.1, 0.15) is 34.1 Å². The highest BCUT2D eigenvalue weighted by atomic mass is 16.5. The van der Waals surface area contributed by atoms with E-state index in [0.29, 0.717) is 38.7 Å². The predicted octanol–water partition coefficient (Wildman–Crippen LogP) is 0.918. The average Bonchev–Trinajstić information content (AvgIpc) is 2.33. The molecule has 0 spiro atoms.